The molecule has 1 heterocycles. The highest BCUT2D eigenvalue weighted by Crippen LogP contribution is 2.35. The normalized spacial score (nSPS) is 18.2. The molecule has 5 heteroatoms. The number of aromatic nitrogens is 3. The molecule has 0 amide bonds. The molecule has 0 spiro atoms. The minimum atomic E-state index is 0.555. The molecule has 0 bridgehead atoms. The second-order valence-electron chi connectivity index (χ2n) is 4.08. The van der Waals surface area contributed by atoms with Crippen molar-refractivity contribution in [2.45, 2.75) is 25.8 Å². The summed E-state index contributed by atoms with van der Waals surface area (Å²) in [5, 5.41) is 7.02. The molecular weight excluding hydrogens is 196 g/mol. The smallest absolute Gasteiger partial charge is 0.225 e. The average Bonchev–Trinajstić information content (AvgIpc) is 2.95. The van der Waals surface area contributed by atoms with Gasteiger partial charge in [0.1, 0.15) is 0 Å². The summed E-state index contributed by atoms with van der Waals surface area (Å²) in [5.41, 5.74) is 0. The van der Waals surface area contributed by atoms with Crippen molar-refractivity contribution in [2.75, 3.05) is 11.9 Å². The maximum absolute atomic E-state index is 5.08. The fraction of sp³-hybridized carbons (Fsp3) is 0.778. The predicted octanol–water partition coefficient (Wildman–Crippen LogP) is 1.71. The Bertz CT molecular complexity index is 376. The van der Waals surface area contributed by atoms with E-state index in [2.05, 4.69) is 29.1 Å². The van der Waals surface area contributed by atoms with Crippen LogP contribution in [0.15, 0.2) is 0 Å². The first-order valence-corrected chi connectivity index (χ1v) is 5.36. The van der Waals surface area contributed by atoms with E-state index in [1.165, 1.54) is 12.8 Å². The quantitative estimate of drug-likeness (QED) is 0.775. The molecule has 1 unspecified atom stereocenters. The highest BCUT2D eigenvalue weighted by Gasteiger charge is 2.31. The molecule has 78 valence electrons. The number of rotatable bonds is 3. The van der Waals surface area contributed by atoms with Gasteiger partial charge in [-0.25, -0.2) is 5.10 Å². The van der Waals surface area contributed by atoms with Crippen molar-refractivity contribution in [1.82, 2.24) is 14.8 Å². The molecular formula is C9H16N4S. The van der Waals surface area contributed by atoms with Gasteiger partial charge in [0.15, 0.2) is 4.77 Å². The molecule has 1 aliphatic rings. The van der Waals surface area contributed by atoms with Crippen molar-refractivity contribution in [3.63, 3.8) is 0 Å². The Morgan fingerprint density at radius 3 is 2.71 bits per heavy atom. The van der Waals surface area contributed by atoms with Gasteiger partial charge in [0, 0.05) is 20.1 Å². The highest BCUT2D eigenvalue weighted by atomic mass is 32.1. The minimum absolute atomic E-state index is 0.555. The number of H-pyrrole nitrogens is 1. The van der Waals surface area contributed by atoms with Crippen molar-refractivity contribution in [3.05, 3.63) is 4.77 Å². The minimum Gasteiger partial charge on any atom is -0.341 e. The van der Waals surface area contributed by atoms with Crippen LogP contribution in [0.2, 0.25) is 0 Å². The SMILES string of the molecule is CC(C1CC1)N(C)c1n[nH]c(=S)n1C. The van der Waals surface area contributed by atoms with Gasteiger partial charge in [-0.15, -0.1) is 5.10 Å². The van der Waals surface area contributed by atoms with E-state index >= 15 is 0 Å². The van der Waals surface area contributed by atoms with Crippen LogP contribution in [0.1, 0.15) is 19.8 Å². The maximum atomic E-state index is 5.08. The Morgan fingerprint density at radius 2 is 2.29 bits per heavy atom. The molecule has 1 aromatic rings. The summed E-state index contributed by atoms with van der Waals surface area (Å²) in [6.07, 6.45) is 2.70. The summed E-state index contributed by atoms with van der Waals surface area (Å²) in [6.45, 7) is 2.25. The van der Waals surface area contributed by atoms with Crippen molar-refractivity contribution in [2.24, 2.45) is 13.0 Å². The van der Waals surface area contributed by atoms with E-state index in [1.54, 1.807) is 0 Å². The highest BCUT2D eigenvalue weighted by molar-refractivity contribution is 7.71. The van der Waals surface area contributed by atoms with Gasteiger partial charge < -0.3 is 4.90 Å². The monoisotopic (exact) mass is 212 g/mol. The lowest BCUT2D eigenvalue weighted by Crippen LogP contribution is -2.32. The van der Waals surface area contributed by atoms with Crippen LogP contribution in [0, 0.1) is 10.7 Å². The van der Waals surface area contributed by atoms with Gasteiger partial charge in [0.2, 0.25) is 5.95 Å². The van der Waals surface area contributed by atoms with Crippen LogP contribution in [0.3, 0.4) is 0 Å². The lowest BCUT2D eigenvalue weighted by molar-refractivity contribution is 0.589. The van der Waals surface area contributed by atoms with Gasteiger partial charge in [-0.2, -0.15) is 0 Å². The number of nitrogens with zero attached hydrogens (tertiary/aromatic N) is 3. The molecule has 1 fully saturated rings. The summed E-state index contributed by atoms with van der Waals surface area (Å²) in [5.74, 6) is 1.76. The lowest BCUT2D eigenvalue weighted by atomic mass is 10.2. The van der Waals surface area contributed by atoms with E-state index in [4.69, 9.17) is 12.2 Å². The number of nitrogens with one attached hydrogen (secondary N) is 1. The molecule has 1 atom stereocenters. The summed E-state index contributed by atoms with van der Waals surface area (Å²) in [4.78, 5) is 2.20. The Hall–Kier alpha value is -0.840. The van der Waals surface area contributed by atoms with Crippen LogP contribution >= 0.6 is 12.2 Å². The van der Waals surface area contributed by atoms with Crippen LogP contribution in [0.25, 0.3) is 0 Å². The van der Waals surface area contributed by atoms with Gasteiger partial charge in [-0.1, -0.05) is 0 Å². The van der Waals surface area contributed by atoms with E-state index in [-0.39, 0.29) is 0 Å². The summed E-state index contributed by atoms with van der Waals surface area (Å²) >= 11 is 5.08. The predicted molar refractivity (Wildman–Crippen MR) is 59.0 cm³/mol. The zero-order chi connectivity index (χ0) is 10.3. The summed E-state index contributed by atoms with van der Waals surface area (Å²) in [7, 11) is 4.02. The first kappa shape index (κ1) is 9.71. The Balaban J connectivity index is 2.21. The topological polar surface area (TPSA) is 36.9 Å². The van der Waals surface area contributed by atoms with Gasteiger partial charge in [0.05, 0.1) is 0 Å². The average molecular weight is 212 g/mol. The molecule has 1 N–H and O–H groups in total. The fourth-order valence-electron chi connectivity index (χ4n) is 1.73. The molecule has 0 radical (unpaired) electrons. The molecule has 0 aromatic carbocycles. The van der Waals surface area contributed by atoms with Crippen molar-refractivity contribution in [1.29, 1.82) is 0 Å². The standard InChI is InChI=1S/C9H16N4S/c1-6(7-4-5-7)12(2)8-10-11-9(14)13(8)3/h6-7H,4-5H2,1-3H3,(H,11,14). The summed E-state index contributed by atoms with van der Waals surface area (Å²) in [6, 6.07) is 0.555. The fourth-order valence-corrected chi connectivity index (χ4v) is 1.86. The van der Waals surface area contributed by atoms with E-state index in [0.717, 1.165) is 11.9 Å². The van der Waals surface area contributed by atoms with Crippen molar-refractivity contribution < 1.29 is 0 Å². The molecule has 1 aliphatic carbocycles. The molecule has 14 heavy (non-hydrogen) atoms. The first-order valence-electron chi connectivity index (χ1n) is 4.95. The van der Waals surface area contributed by atoms with Gasteiger partial charge in [0.25, 0.3) is 0 Å². The number of hydrogen-bond acceptors (Lipinski definition) is 3. The molecule has 4 nitrogen and oxygen atoms in total. The first-order chi connectivity index (χ1) is 6.61. The van der Waals surface area contributed by atoms with E-state index in [1.807, 2.05) is 11.6 Å². The van der Waals surface area contributed by atoms with Crippen LogP contribution in [0.4, 0.5) is 5.95 Å². The third-order valence-electron chi connectivity index (χ3n) is 3.09. The molecule has 1 saturated carbocycles. The van der Waals surface area contributed by atoms with Crippen LogP contribution in [-0.2, 0) is 7.05 Å². The van der Waals surface area contributed by atoms with E-state index < -0.39 is 0 Å². The van der Waals surface area contributed by atoms with Crippen LogP contribution in [-0.4, -0.2) is 27.9 Å². The number of anilines is 1. The molecule has 0 saturated heterocycles. The van der Waals surface area contributed by atoms with E-state index in [9.17, 15) is 0 Å². The maximum Gasteiger partial charge on any atom is 0.225 e. The van der Waals surface area contributed by atoms with Gasteiger partial charge in [-0.3, -0.25) is 4.57 Å². The third-order valence-corrected chi connectivity index (χ3v) is 3.45. The second-order valence-corrected chi connectivity index (χ2v) is 4.46. The van der Waals surface area contributed by atoms with Crippen LogP contribution < -0.4 is 4.90 Å². The summed E-state index contributed by atoms with van der Waals surface area (Å²) < 4.78 is 2.59. The van der Waals surface area contributed by atoms with Crippen molar-refractivity contribution >= 4 is 18.2 Å². The number of hydrogen-bond donors (Lipinski definition) is 1. The Morgan fingerprint density at radius 1 is 1.64 bits per heavy atom. The molecule has 1 aromatic heterocycles. The second kappa shape index (κ2) is 3.38. The van der Waals surface area contributed by atoms with Gasteiger partial charge in [-0.05, 0) is 37.9 Å². The Kier molecular flexibility index (Phi) is 2.34. The third kappa shape index (κ3) is 1.56. The van der Waals surface area contributed by atoms with Crippen LogP contribution in [0.5, 0.6) is 0 Å². The molecule has 2 rings (SSSR count). The lowest BCUT2D eigenvalue weighted by Gasteiger charge is -2.24. The zero-order valence-corrected chi connectivity index (χ0v) is 9.64. The van der Waals surface area contributed by atoms with Gasteiger partial charge >= 0.3 is 0 Å². The van der Waals surface area contributed by atoms with Crippen molar-refractivity contribution in [3.8, 4) is 0 Å². The zero-order valence-electron chi connectivity index (χ0n) is 8.82. The number of aromatic amines is 1. The molecule has 0 aliphatic heterocycles. The van der Waals surface area contributed by atoms with E-state index in [0.29, 0.717) is 10.8 Å². The largest absolute Gasteiger partial charge is 0.341 e. The Labute approximate surface area is 88.9 Å².